The van der Waals surface area contributed by atoms with Crippen LogP contribution in [0.2, 0.25) is 19.6 Å². The van der Waals surface area contributed by atoms with Crippen molar-refractivity contribution in [2.45, 2.75) is 27.1 Å². The summed E-state index contributed by atoms with van der Waals surface area (Å²) in [5, 5.41) is 1.45. The molecule has 5 aromatic carbocycles. The zero-order valence-corrected chi connectivity index (χ0v) is 27.5. The minimum Gasteiger partial charge on any atom is -0.256 e. The number of hydrogen-bond acceptors (Lipinski definition) is 2. The molecule has 7 aromatic rings. The fourth-order valence-corrected chi connectivity index (χ4v) is 7.23. The molecule has 0 saturated heterocycles. The van der Waals surface area contributed by atoms with Crippen LogP contribution in [0, 0.1) is 0 Å². The monoisotopic (exact) mass is 624 g/mol. The van der Waals surface area contributed by atoms with Gasteiger partial charge in [-0.3, -0.25) is 9.97 Å². The van der Waals surface area contributed by atoms with Crippen LogP contribution in [0.4, 0.5) is 0 Å². The van der Waals surface area contributed by atoms with Gasteiger partial charge in [0.15, 0.2) is 0 Å². The summed E-state index contributed by atoms with van der Waals surface area (Å²) in [6, 6.07) is 54.5. The number of pyridine rings is 2. The summed E-state index contributed by atoms with van der Waals surface area (Å²) in [5.41, 5.74) is 14.0. The van der Waals surface area contributed by atoms with Crippen LogP contribution in [-0.2, 0) is 0 Å². The smallest absolute Gasteiger partial charge is 0.0776 e. The average molecular weight is 625 g/mol. The molecule has 0 saturated carbocycles. The minimum atomic E-state index is -1.66. The second-order valence-electron chi connectivity index (χ2n) is 12.7. The van der Waals surface area contributed by atoms with Crippen molar-refractivity contribution < 1.29 is 0 Å². The van der Waals surface area contributed by atoms with Gasteiger partial charge < -0.3 is 0 Å². The highest BCUT2D eigenvalue weighted by Gasteiger charge is 2.20. The van der Waals surface area contributed by atoms with Crippen molar-refractivity contribution in [2.24, 2.45) is 0 Å². The molecule has 230 valence electrons. The summed E-state index contributed by atoms with van der Waals surface area (Å²) in [4.78, 5) is 9.07. The van der Waals surface area contributed by atoms with Crippen LogP contribution in [-0.4, -0.2) is 18.0 Å². The zero-order chi connectivity index (χ0) is 31.5. The molecule has 0 unspecified atom stereocenters. The molecule has 2 nitrogen and oxygen atoms in total. The van der Waals surface area contributed by atoms with Crippen molar-refractivity contribution in [3.63, 3.8) is 0 Å². The molecule has 2 aromatic heterocycles. The van der Waals surface area contributed by atoms with Gasteiger partial charge in [-0.1, -0.05) is 154 Å². The van der Waals surface area contributed by atoms with Crippen LogP contribution in [0.25, 0.3) is 67.0 Å². The maximum Gasteiger partial charge on any atom is 0.0776 e. The molecule has 0 spiro atoms. The van der Waals surface area contributed by atoms with Gasteiger partial charge in [0.2, 0.25) is 0 Å². The zero-order valence-electron chi connectivity index (χ0n) is 26.5. The summed E-state index contributed by atoms with van der Waals surface area (Å²) in [6.45, 7) is 7.29. The molecule has 0 amide bonds. The van der Waals surface area contributed by atoms with E-state index in [4.69, 9.17) is 0 Å². The van der Waals surface area contributed by atoms with Crippen LogP contribution in [0.1, 0.15) is 7.43 Å². The van der Waals surface area contributed by atoms with E-state index in [0.29, 0.717) is 0 Å². The Kier molecular flexibility index (Phi) is 9.10. The maximum absolute atomic E-state index is 4.54. The van der Waals surface area contributed by atoms with Gasteiger partial charge in [0, 0.05) is 23.5 Å². The van der Waals surface area contributed by atoms with Gasteiger partial charge in [-0.25, -0.2) is 0 Å². The quantitative estimate of drug-likeness (QED) is 0.165. The Morgan fingerprint density at radius 2 is 0.702 bits per heavy atom. The van der Waals surface area contributed by atoms with E-state index in [0.717, 1.165) is 22.5 Å². The third-order valence-electron chi connectivity index (χ3n) is 8.59. The lowest BCUT2D eigenvalue weighted by molar-refractivity contribution is 1.33. The van der Waals surface area contributed by atoms with E-state index in [9.17, 15) is 0 Å². The second-order valence-corrected chi connectivity index (χ2v) is 17.8. The van der Waals surface area contributed by atoms with Crippen LogP contribution < -0.4 is 5.19 Å². The van der Waals surface area contributed by atoms with E-state index in [-0.39, 0.29) is 7.43 Å². The fourth-order valence-electron chi connectivity index (χ4n) is 6.05. The predicted molar refractivity (Wildman–Crippen MR) is 204 cm³/mol. The molecule has 0 fully saturated rings. The second kappa shape index (κ2) is 13.5. The van der Waals surface area contributed by atoms with Gasteiger partial charge in [-0.2, -0.15) is 0 Å². The predicted octanol–water partition coefficient (Wildman–Crippen LogP) is 11.7. The molecule has 7 rings (SSSR count). The number of aromatic nitrogens is 2. The molecule has 0 radical (unpaired) electrons. The highest BCUT2D eigenvalue weighted by Crippen LogP contribution is 2.38. The lowest BCUT2D eigenvalue weighted by Gasteiger charge is -2.22. The van der Waals surface area contributed by atoms with Crippen molar-refractivity contribution in [2.75, 3.05) is 0 Å². The van der Waals surface area contributed by atoms with E-state index in [1.165, 1.54) is 49.7 Å². The van der Waals surface area contributed by atoms with Gasteiger partial charge in [-0.05, 0) is 74.8 Å². The Morgan fingerprint density at radius 3 is 1.04 bits per heavy atom. The number of nitrogens with zero attached hydrogens (tertiary/aromatic N) is 2. The Morgan fingerprint density at radius 1 is 0.362 bits per heavy atom. The van der Waals surface area contributed by atoms with Crippen molar-refractivity contribution in [1.29, 1.82) is 0 Å². The van der Waals surface area contributed by atoms with Gasteiger partial charge in [0.05, 0.1) is 19.5 Å². The first-order valence-corrected chi connectivity index (χ1v) is 19.3. The highest BCUT2D eigenvalue weighted by molar-refractivity contribution is 6.88. The molecule has 0 atom stereocenters. The Hall–Kier alpha value is -5.38. The fraction of sp³-hybridized carbons (Fsp3) is 0.0909. The molecular formula is C44H40N2Si. The molecule has 3 heteroatoms. The van der Waals surface area contributed by atoms with E-state index < -0.39 is 8.07 Å². The molecule has 2 heterocycles. The minimum absolute atomic E-state index is 0. The third kappa shape index (κ3) is 6.77. The normalized spacial score (nSPS) is 11.1. The summed E-state index contributed by atoms with van der Waals surface area (Å²) in [5.74, 6) is 0. The van der Waals surface area contributed by atoms with Gasteiger partial charge in [-0.15, -0.1) is 0 Å². The summed E-state index contributed by atoms with van der Waals surface area (Å²) >= 11 is 0. The first-order valence-electron chi connectivity index (χ1n) is 15.8. The van der Waals surface area contributed by atoms with Crippen LogP contribution in [0.5, 0.6) is 0 Å². The van der Waals surface area contributed by atoms with E-state index >= 15 is 0 Å². The number of rotatable bonds is 7. The Labute approximate surface area is 280 Å². The molecule has 0 bridgehead atoms. The van der Waals surface area contributed by atoms with E-state index in [2.05, 4.69) is 157 Å². The lowest BCUT2D eigenvalue weighted by atomic mass is 9.90. The van der Waals surface area contributed by atoms with Crippen LogP contribution in [0.15, 0.2) is 164 Å². The first kappa shape index (κ1) is 31.6. The summed E-state index contributed by atoms with van der Waals surface area (Å²) in [6.07, 6.45) is 3.69. The molecule has 0 N–H and O–H groups in total. The SMILES string of the molecule is C.C[Si](C)(C)c1cc(-c2ccccc2-c2ccc(-c3ccccn3)cc2)cc(-c2ccccc2-c2ccc(-c3ccccn3)cc2)c1. The number of hydrogen-bond donors (Lipinski definition) is 0. The van der Waals surface area contributed by atoms with Crippen molar-refractivity contribution in [3.05, 3.63) is 164 Å². The maximum atomic E-state index is 4.54. The topological polar surface area (TPSA) is 25.8 Å². The van der Waals surface area contributed by atoms with Gasteiger partial charge in [0.25, 0.3) is 0 Å². The average Bonchev–Trinajstić information content (AvgIpc) is 3.12. The van der Waals surface area contributed by atoms with E-state index in [1.807, 2.05) is 36.7 Å². The van der Waals surface area contributed by atoms with Crippen LogP contribution >= 0.6 is 0 Å². The lowest BCUT2D eigenvalue weighted by Crippen LogP contribution is -2.37. The van der Waals surface area contributed by atoms with Crippen molar-refractivity contribution in [3.8, 4) is 67.0 Å². The summed E-state index contributed by atoms with van der Waals surface area (Å²) in [7, 11) is -1.66. The molecule has 0 aliphatic rings. The molecule has 47 heavy (non-hydrogen) atoms. The Bertz CT molecular complexity index is 1950. The standard InChI is InChI=1S/C43H36N2Si.CH4/c1-46(2,3)37-29-35(40-14-6-4-12-38(40)31-18-22-33(23-19-31)42-16-8-10-26-44-42)28-36(30-37)41-15-7-5-13-39(41)32-20-24-34(25-21-32)43-17-9-11-27-45-43;/h4-30H,1-3H3;1H4. The van der Waals surface area contributed by atoms with Gasteiger partial charge in [0.1, 0.15) is 0 Å². The van der Waals surface area contributed by atoms with Crippen molar-refractivity contribution >= 4 is 13.3 Å². The van der Waals surface area contributed by atoms with Gasteiger partial charge >= 0.3 is 0 Å². The number of benzene rings is 5. The van der Waals surface area contributed by atoms with Crippen LogP contribution in [0.3, 0.4) is 0 Å². The third-order valence-corrected chi connectivity index (χ3v) is 10.6. The first-order chi connectivity index (χ1) is 22.4. The largest absolute Gasteiger partial charge is 0.256 e. The highest BCUT2D eigenvalue weighted by atomic mass is 28.3. The molecule has 0 aliphatic carbocycles. The van der Waals surface area contributed by atoms with E-state index in [1.54, 1.807) is 0 Å². The van der Waals surface area contributed by atoms with Crippen molar-refractivity contribution in [1.82, 2.24) is 9.97 Å². The summed E-state index contributed by atoms with van der Waals surface area (Å²) < 4.78 is 0. The Balaban J connectivity index is 0.00000386. The molecular weight excluding hydrogens is 585 g/mol. The molecule has 0 aliphatic heterocycles.